The average molecular weight is 247 g/mol. The number of aryl methyl sites for hydroxylation is 1. The molecule has 7 heteroatoms. The van der Waals surface area contributed by atoms with Crippen LogP contribution in [0.15, 0.2) is 6.33 Å². The van der Waals surface area contributed by atoms with E-state index in [1.807, 2.05) is 0 Å². The van der Waals surface area contributed by atoms with Gasteiger partial charge in [-0.2, -0.15) is 18.2 Å². The Kier molecular flexibility index (Phi) is 3.17. The minimum atomic E-state index is -4.12. The van der Waals surface area contributed by atoms with Crippen molar-refractivity contribution in [2.45, 2.75) is 25.9 Å². The van der Waals surface area contributed by atoms with E-state index >= 15 is 0 Å². The van der Waals surface area contributed by atoms with E-state index in [-0.39, 0.29) is 18.9 Å². The summed E-state index contributed by atoms with van der Waals surface area (Å²) in [6, 6.07) is 0. The fourth-order valence-corrected chi connectivity index (χ4v) is 1.85. The molecule has 0 spiro atoms. The summed E-state index contributed by atoms with van der Waals surface area (Å²) in [6.07, 6.45) is -2.17. The Balaban J connectivity index is 1.90. The van der Waals surface area contributed by atoms with E-state index in [1.165, 1.54) is 6.33 Å². The molecule has 0 bridgehead atoms. The van der Waals surface area contributed by atoms with Gasteiger partial charge in [0.15, 0.2) is 0 Å². The van der Waals surface area contributed by atoms with Gasteiger partial charge in [-0.3, -0.25) is 0 Å². The largest absolute Gasteiger partial charge is 0.476 e. The predicted octanol–water partition coefficient (Wildman–Crippen LogP) is 2.15. The van der Waals surface area contributed by atoms with Gasteiger partial charge in [0, 0.05) is 5.92 Å². The molecule has 1 fully saturated rings. The maximum absolute atomic E-state index is 12.5. The van der Waals surface area contributed by atoms with Crippen molar-refractivity contribution >= 4 is 0 Å². The fourth-order valence-electron chi connectivity index (χ4n) is 1.85. The standard InChI is InChI=1S/C10H12F3N3O/c1-6-9(14-5-15-16-6)17-4-7-2-3-8(7)10(11,12)13/h5,7-8H,2-4H2,1H3/t7-,8+/m0/s1. The van der Waals surface area contributed by atoms with Crippen molar-refractivity contribution in [3.8, 4) is 5.88 Å². The van der Waals surface area contributed by atoms with Crippen molar-refractivity contribution in [1.82, 2.24) is 15.2 Å². The molecule has 1 aromatic heterocycles. The first-order valence-electron chi connectivity index (χ1n) is 5.32. The summed E-state index contributed by atoms with van der Waals surface area (Å²) in [6.45, 7) is 1.68. The fraction of sp³-hybridized carbons (Fsp3) is 0.700. The van der Waals surface area contributed by atoms with Crippen LogP contribution < -0.4 is 4.74 Å². The topological polar surface area (TPSA) is 47.9 Å². The van der Waals surface area contributed by atoms with Gasteiger partial charge in [0.2, 0.25) is 5.88 Å². The minimum Gasteiger partial charge on any atom is -0.476 e. The highest BCUT2D eigenvalue weighted by atomic mass is 19.4. The van der Waals surface area contributed by atoms with E-state index in [1.54, 1.807) is 6.92 Å². The van der Waals surface area contributed by atoms with Crippen molar-refractivity contribution < 1.29 is 17.9 Å². The molecular weight excluding hydrogens is 235 g/mol. The zero-order valence-corrected chi connectivity index (χ0v) is 9.24. The second kappa shape index (κ2) is 4.46. The zero-order valence-electron chi connectivity index (χ0n) is 9.24. The lowest BCUT2D eigenvalue weighted by molar-refractivity contribution is -0.216. The molecule has 1 saturated carbocycles. The molecule has 1 aliphatic carbocycles. The van der Waals surface area contributed by atoms with Gasteiger partial charge in [0.05, 0.1) is 12.5 Å². The number of nitrogens with zero attached hydrogens (tertiary/aromatic N) is 3. The number of halogens is 3. The quantitative estimate of drug-likeness (QED) is 0.821. The molecule has 0 aliphatic heterocycles. The summed E-state index contributed by atoms with van der Waals surface area (Å²) in [5, 5.41) is 7.25. The number of aromatic nitrogens is 3. The van der Waals surface area contributed by atoms with E-state index in [4.69, 9.17) is 4.74 Å². The maximum atomic E-state index is 12.5. The minimum absolute atomic E-state index is 0.0315. The molecule has 0 radical (unpaired) electrons. The van der Waals surface area contributed by atoms with Crippen LogP contribution in [0.3, 0.4) is 0 Å². The SMILES string of the molecule is Cc1nncnc1OC[C@@H]1CC[C@H]1C(F)(F)F. The van der Waals surface area contributed by atoms with E-state index < -0.39 is 18.0 Å². The van der Waals surface area contributed by atoms with Crippen molar-refractivity contribution in [1.29, 1.82) is 0 Å². The van der Waals surface area contributed by atoms with E-state index in [2.05, 4.69) is 15.2 Å². The Hall–Kier alpha value is -1.40. The number of rotatable bonds is 3. The van der Waals surface area contributed by atoms with Gasteiger partial charge in [0.25, 0.3) is 0 Å². The monoisotopic (exact) mass is 247 g/mol. The molecule has 1 aromatic rings. The molecule has 94 valence electrons. The molecule has 1 aliphatic rings. The smallest absolute Gasteiger partial charge is 0.392 e. The summed E-state index contributed by atoms with van der Waals surface area (Å²) in [5.41, 5.74) is 0.482. The number of alkyl halides is 3. The molecule has 0 amide bonds. The van der Waals surface area contributed by atoms with Gasteiger partial charge in [-0.25, -0.2) is 0 Å². The lowest BCUT2D eigenvalue weighted by atomic mass is 9.74. The normalized spacial score (nSPS) is 24.2. The Bertz CT molecular complexity index is 397. The van der Waals surface area contributed by atoms with Crippen LogP contribution in [-0.4, -0.2) is 28.0 Å². The van der Waals surface area contributed by atoms with Crippen LogP contribution in [-0.2, 0) is 0 Å². The highest BCUT2D eigenvalue weighted by molar-refractivity contribution is 5.12. The number of ether oxygens (including phenoxy) is 1. The summed E-state index contributed by atoms with van der Waals surface area (Å²) in [7, 11) is 0. The molecule has 0 saturated heterocycles. The molecule has 17 heavy (non-hydrogen) atoms. The second-order valence-electron chi connectivity index (χ2n) is 4.15. The molecular formula is C10H12F3N3O. The molecule has 0 aromatic carbocycles. The number of hydrogen-bond acceptors (Lipinski definition) is 4. The zero-order chi connectivity index (χ0) is 12.5. The van der Waals surface area contributed by atoms with Crippen LogP contribution in [0.2, 0.25) is 0 Å². The lowest BCUT2D eigenvalue weighted by Gasteiger charge is -2.37. The van der Waals surface area contributed by atoms with Crippen LogP contribution in [0.1, 0.15) is 18.5 Å². The average Bonchev–Trinajstić information content (AvgIpc) is 2.16. The van der Waals surface area contributed by atoms with Gasteiger partial charge in [-0.15, -0.1) is 10.2 Å². The Morgan fingerprint density at radius 2 is 2.18 bits per heavy atom. The summed E-state index contributed by atoms with van der Waals surface area (Å²) >= 11 is 0. The van der Waals surface area contributed by atoms with E-state index in [9.17, 15) is 13.2 Å². The number of hydrogen-bond donors (Lipinski definition) is 0. The van der Waals surface area contributed by atoms with Crippen molar-refractivity contribution in [2.24, 2.45) is 11.8 Å². The third-order valence-electron chi connectivity index (χ3n) is 3.02. The van der Waals surface area contributed by atoms with Gasteiger partial charge >= 0.3 is 6.18 Å². The lowest BCUT2D eigenvalue weighted by Crippen LogP contribution is -2.41. The first-order valence-corrected chi connectivity index (χ1v) is 5.32. The molecule has 0 unspecified atom stereocenters. The first kappa shape index (κ1) is 12.1. The third kappa shape index (κ3) is 2.65. The Morgan fingerprint density at radius 3 is 2.71 bits per heavy atom. The molecule has 2 atom stereocenters. The van der Waals surface area contributed by atoms with Crippen molar-refractivity contribution in [2.75, 3.05) is 6.61 Å². The molecule has 2 rings (SSSR count). The predicted molar refractivity (Wildman–Crippen MR) is 52.3 cm³/mol. The van der Waals surface area contributed by atoms with Gasteiger partial charge in [0.1, 0.15) is 12.0 Å². The van der Waals surface area contributed by atoms with Crippen LogP contribution in [0.5, 0.6) is 5.88 Å². The third-order valence-corrected chi connectivity index (χ3v) is 3.02. The maximum Gasteiger partial charge on any atom is 0.392 e. The first-order chi connectivity index (χ1) is 7.98. The summed E-state index contributed by atoms with van der Waals surface area (Å²) in [4.78, 5) is 3.82. The van der Waals surface area contributed by atoms with Crippen LogP contribution >= 0.6 is 0 Å². The Morgan fingerprint density at radius 1 is 1.41 bits per heavy atom. The molecule has 0 N–H and O–H groups in total. The summed E-state index contributed by atoms with van der Waals surface area (Å²) in [5.74, 6) is -1.45. The van der Waals surface area contributed by atoms with Crippen LogP contribution in [0, 0.1) is 18.8 Å². The molecule has 1 heterocycles. The van der Waals surface area contributed by atoms with Gasteiger partial charge < -0.3 is 4.74 Å². The van der Waals surface area contributed by atoms with Gasteiger partial charge in [-0.1, -0.05) is 0 Å². The summed E-state index contributed by atoms with van der Waals surface area (Å²) < 4.78 is 42.6. The Labute approximate surface area is 96.2 Å². The van der Waals surface area contributed by atoms with E-state index in [0.29, 0.717) is 12.1 Å². The van der Waals surface area contributed by atoms with Gasteiger partial charge in [-0.05, 0) is 19.8 Å². The van der Waals surface area contributed by atoms with Crippen molar-refractivity contribution in [3.63, 3.8) is 0 Å². The van der Waals surface area contributed by atoms with E-state index in [0.717, 1.165) is 0 Å². The highest BCUT2D eigenvalue weighted by Gasteiger charge is 2.50. The highest BCUT2D eigenvalue weighted by Crippen LogP contribution is 2.45. The second-order valence-corrected chi connectivity index (χ2v) is 4.15. The van der Waals surface area contributed by atoms with Crippen molar-refractivity contribution in [3.05, 3.63) is 12.0 Å². The van der Waals surface area contributed by atoms with Crippen LogP contribution in [0.25, 0.3) is 0 Å². The molecule has 4 nitrogen and oxygen atoms in total. The van der Waals surface area contributed by atoms with Crippen LogP contribution in [0.4, 0.5) is 13.2 Å².